The van der Waals surface area contributed by atoms with Gasteiger partial charge in [-0.3, -0.25) is 4.79 Å². The number of aliphatic hydroxyl groups is 3. The van der Waals surface area contributed by atoms with E-state index < -0.39 is 58.8 Å². The number of aliphatic hydroxyl groups excluding tert-OH is 3. The molecule has 0 radical (unpaired) electrons. The summed E-state index contributed by atoms with van der Waals surface area (Å²) in [6.45, 7) is 5.47. The summed E-state index contributed by atoms with van der Waals surface area (Å²) in [4.78, 5) is 26.6. The summed E-state index contributed by atoms with van der Waals surface area (Å²) in [5.74, 6) is -1.16. The van der Waals surface area contributed by atoms with Crippen molar-refractivity contribution >= 4 is 12.3 Å². The molecule has 4 N–H and O–H groups in total. The molecular weight excluding hydrogens is 468 g/mol. The fraction of sp³-hybridized carbons (Fsp3) is 0.852. The van der Waals surface area contributed by atoms with Crippen molar-refractivity contribution in [3.63, 3.8) is 0 Å². The van der Waals surface area contributed by atoms with Crippen LogP contribution in [0, 0.1) is 45.8 Å². The van der Waals surface area contributed by atoms with Crippen LogP contribution in [-0.2, 0) is 23.8 Å². The third kappa shape index (κ3) is 2.98. The van der Waals surface area contributed by atoms with Crippen LogP contribution in [0.4, 0.5) is 0 Å². The van der Waals surface area contributed by atoms with Crippen LogP contribution in [0.5, 0.6) is 0 Å². The molecule has 4 aliphatic carbocycles. The molecule has 4 bridgehead atoms. The van der Waals surface area contributed by atoms with Gasteiger partial charge in [0.25, 0.3) is 0 Å². The second-order valence-corrected chi connectivity index (χ2v) is 12.1. The molecule has 0 spiro atoms. The number of carboxylic acid groups (broad SMARTS) is 1. The minimum atomic E-state index is -1.50. The molecule has 0 aromatic carbocycles. The number of fused-ring (bicyclic) bond motifs is 2. The van der Waals surface area contributed by atoms with Crippen LogP contribution in [0.1, 0.15) is 46.5 Å². The van der Waals surface area contributed by atoms with Crippen LogP contribution in [0.2, 0.25) is 0 Å². The minimum Gasteiger partial charge on any atom is -0.481 e. The monoisotopic (exact) mass is 508 g/mol. The molecule has 13 atom stereocenters. The number of methoxy groups -OCH3 is 1. The first-order valence-electron chi connectivity index (χ1n) is 13.2. The van der Waals surface area contributed by atoms with Crippen molar-refractivity contribution in [2.45, 2.75) is 77.2 Å². The number of carboxylic acids is 1. The summed E-state index contributed by atoms with van der Waals surface area (Å²) < 4.78 is 17.4. The lowest BCUT2D eigenvalue weighted by atomic mass is 9.43. The maximum atomic E-state index is 13.5. The molecule has 9 heteroatoms. The highest BCUT2D eigenvalue weighted by Crippen LogP contribution is 2.82. The van der Waals surface area contributed by atoms with Crippen LogP contribution >= 0.6 is 0 Å². The fourth-order valence-electron chi connectivity index (χ4n) is 9.34. The molecule has 1 saturated heterocycles. The van der Waals surface area contributed by atoms with Gasteiger partial charge in [0.15, 0.2) is 6.29 Å². The number of carbonyl (C=O) groups is 2. The third-order valence-electron chi connectivity index (χ3n) is 10.9. The fourth-order valence-corrected chi connectivity index (χ4v) is 9.34. The van der Waals surface area contributed by atoms with Gasteiger partial charge in [-0.2, -0.15) is 0 Å². The lowest BCUT2D eigenvalue weighted by molar-refractivity contribution is -0.307. The highest BCUT2D eigenvalue weighted by molar-refractivity contribution is 5.90. The molecule has 0 aromatic rings. The zero-order chi connectivity index (χ0) is 26.2. The van der Waals surface area contributed by atoms with Crippen molar-refractivity contribution in [1.29, 1.82) is 0 Å². The van der Waals surface area contributed by atoms with Crippen LogP contribution in [0.25, 0.3) is 0 Å². The van der Waals surface area contributed by atoms with Crippen LogP contribution in [0.15, 0.2) is 11.6 Å². The molecule has 3 saturated carbocycles. The lowest BCUT2D eigenvalue weighted by Crippen LogP contribution is -2.64. The number of ether oxygens (including phenoxy) is 3. The standard InChI is InChI=1S/C27H40O9/c1-13-5-6-18-17(13)9-26(12-35-23-21(31)20(30)22(34-4)15(3)36-23)16-7-19(14(2)10-28)27(26,24(32)33)25(18,8-16)11-29/h7,11,13-18,20-23,28,30-31H,5-6,8-10,12H2,1-4H3,(H,32,33)/t13-,14?,15-,16+,17-,18-,20+,21+,22-,23-,25+,26+,27+/m1/s1. The topological polar surface area (TPSA) is 143 Å². The Labute approximate surface area is 211 Å². The van der Waals surface area contributed by atoms with Crippen LogP contribution < -0.4 is 0 Å². The molecule has 4 fully saturated rings. The lowest BCUT2D eigenvalue weighted by Gasteiger charge is -2.58. The van der Waals surface area contributed by atoms with Gasteiger partial charge in [0.1, 0.15) is 30.0 Å². The Balaban J connectivity index is 1.58. The molecule has 1 aliphatic heterocycles. The summed E-state index contributed by atoms with van der Waals surface area (Å²) in [6, 6.07) is 0. The van der Waals surface area contributed by atoms with E-state index in [1.165, 1.54) is 7.11 Å². The summed E-state index contributed by atoms with van der Waals surface area (Å²) in [6.07, 6.45) is 0.678. The number of carbonyl (C=O) groups excluding carboxylic acids is 1. The molecule has 5 rings (SSSR count). The average molecular weight is 509 g/mol. The van der Waals surface area contributed by atoms with Crippen LogP contribution in [-0.4, -0.2) is 83.7 Å². The van der Waals surface area contributed by atoms with Gasteiger partial charge in [-0.15, -0.1) is 0 Å². The zero-order valence-electron chi connectivity index (χ0n) is 21.5. The van der Waals surface area contributed by atoms with E-state index in [0.29, 0.717) is 24.3 Å². The summed E-state index contributed by atoms with van der Waals surface area (Å²) in [5, 5.41) is 42.4. The molecule has 0 aromatic heterocycles. The van der Waals surface area contributed by atoms with Gasteiger partial charge in [-0.25, -0.2) is 0 Å². The molecule has 1 heterocycles. The number of aldehydes is 1. The third-order valence-corrected chi connectivity index (χ3v) is 10.9. The van der Waals surface area contributed by atoms with Crippen molar-refractivity contribution in [1.82, 2.24) is 0 Å². The SMILES string of the molecule is CO[C@H]1[C@@H](O)[C@H](O)[C@H](OC[C@@]23C[C@@H]4[C@H](C)CC[C@H]4[C@@]4(C=O)C[C@@H]2C=C(C(C)CO)[C@@]34C(=O)O)O[C@@H]1C. The normalized spacial score (nSPS) is 52.1. The number of aliphatic carboxylic acids is 1. The Morgan fingerprint density at radius 1 is 1.25 bits per heavy atom. The second kappa shape index (κ2) is 8.85. The van der Waals surface area contributed by atoms with Gasteiger partial charge >= 0.3 is 5.97 Å². The number of hydrogen-bond acceptors (Lipinski definition) is 8. The highest BCUT2D eigenvalue weighted by Gasteiger charge is 2.84. The van der Waals surface area contributed by atoms with Gasteiger partial charge in [-0.05, 0) is 55.4 Å². The molecule has 1 unspecified atom stereocenters. The van der Waals surface area contributed by atoms with Crippen molar-refractivity contribution in [3.05, 3.63) is 11.6 Å². The first-order chi connectivity index (χ1) is 17.1. The van der Waals surface area contributed by atoms with E-state index in [9.17, 15) is 30.0 Å². The molecule has 0 amide bonds. The Morgan fingerprint density at radius 2 is 1.97 bits per heavy atom. The molecule has 9 nitrogen and oxygen atoms in total. The van der Waals surface area contributed by atoms with Crippen molar-refractivity contribution < 1.29 is 44.2 Å². The van der Waals surface area contributed by atoms with E-state index in [4.69, 9.17) is 14.2 Å². The van der Waals surface area contributed by atoms with E-state index in [-0.39, 0.29) is 31.0 Å². The zero-order valence-corrected chi connectivity index (χ0v) is 21.5. The van der Waals surface area contributed by atoms with Gasteiger partial charge in [0, 0.05) is 25.0 Å². The first kappa shape index (κ1) is 26.3. The van der Waals surface area contributed by atoms with Crippen molar-refractivity contribution in [2.24, 2.45) is 45.8 Å². The summed E-state index contributed by atoms with van der Waals surface area (Å²) >= 11 is 0. The molecule has 36 heavy (non-hydrogen) atoms. The quantitative estimate of drug-likeness (QED) is 0.282. The molecule has 5 aliphatic rings. The predicted molar refractivity (Wildman–Crippen MR) is 127 cm³/mol. The predicted octanol–water partition coefficient (Wildman–Crippen LogP) is 1.38. The Bertz CT molecular complexity index is 936. The molecule has 202 valence electrons. The highest BCUT2D eigenvalue weighted by atomic mass is 16.7. The van der Waals surface area contributed by atoms with Crippen molar-refractivity contribution in [3.8, 4) is 0 Å². The van der Waals surface area contributed by atoms with Crippen LogP contribution in [0.3, 0.4) is 0 Å². The maximum absolute atomic E-state index is 13.5. The van der Waals surface area contributed by atoms with Gasteiger partial charge in [0.2, 0.25) is 0 Å². The molecular formula is C27H40O9. The van der Waals surface area contributed by atoms with Gasteiger partial charge in [0.05, 0.1) is 18.1 Å². The number of rotatable bonds is 8. The minimum absolute atomic E-state index is 0.0327. The summed E-state index contributed by atoms with van der Waals surface area (Å²) in [5.41, 5.74) is -2.87. The van der Waals surface area contributed by atoms with E-state index in [0.717, 1.165) is 19.1 Å². The van der Waals surface area contributed by atoms with E-state index in [1.807, 2.05) is 13.0 Å². The Hall–Kier alpha value is -1.36. The largest absolute Gasteiger partial charge is 0.481 e. The van der Waals surface area contributed by atoms with Gasteiger partial charge < -0.3 is 39.4 Å². The maximum Gasteiger partial charge on any atom is 0.315 e. The summed E-state index contributed by atoms with van der Waals surface area (Å²) in [7, 11) is 1.43. The smallest absolute Gasteiger partial charge is 0.315 e. The second-order valence-electron chi connectivity index (χ2n) is 12.1. The first-order valence-corrected chi connectivity index (χ1v) is 13.2. The number of allylic oxidation sites excluding steroid dienone is 1. The van der Waals surface area contributed by atoms with E-state index in [2.05, 4.69) is 6.92 Å². The Kier molecular flexibility index (Phi) is 6.45. The van der Waals surface area contributed by atoms with Crippen molar-refractivity contribution in [2.75, 3.05) is 20.3 Å². The average Bonchev–Trinajstić information content (AvgIpc) is 3.42. The Morgan fingerprint density at radius 3 is 2.58 bits per heavy atom. The van der Waals surface area contributed by atoms with E-state index in [1.54, 1.807) is 6.92 Å². The van der Waals surface area contributed by atoms with E-state index >= 15 is 0 Å². The number of hydrogen-bond donors (Lipinski definition) is 4. The van der Waals surface area contributed by atoms with Gasteiger partial charge in [-0.1, -0.05) is 26.3 Å².